The monoisotopic (exact) mass is 470 g/mol. The Hall–Kier alpha value is -2.36. The summed E-state index contributed by atoms with van der Waals surface area (Å²) >= 11 is 2.95. The number of hydrogen-bond acceptors (Lipinski definition) is 7. The standard InChI is InChI=1S/C23H26N4O3S2/c1-25-11-8-17-18(13-25)32-21-20(17)22(29)27(15-6-5-7-16(12-15)30-2)23(24-21)31-14-19(28)26-9-3-4-10-26/h5-7,12H,3-4,8-11,13-14H2,1-2H3. The van der Waals surface area contributed by atoms with Gasteiger partial charge in [0.05, 0.1) is 23.9 Å². The van der Waals surface area contributed by atoms with Gasteiger partial charge < -0.3 is 14.5 Å². The molecule has 0 atom stereocenters. The maximum Gasteiger partial charge on any atom is 0.267 e. The highest BCUT2D eigenvalue weighted by Crippen LogP contribution is 2.34. The van der Waals surface area contributed by atoms with Gasteiger partial charge in [-0.3, -0.25) is 14.2 Å². The molecule has 1 amide bonds. The Balaban J connectivity index is 1.61. The van der Waals surface area contributed by atoms with Crippen LogP contribution in [-0.4, -0.2) is 64.8 Å². The summed E-state index contributed by atoms with van der Waals surface area (Å²) in [6, 6.07) is 7.45. The van der Waals surface area contributed by atoms with Crippen molar-refractivity contribution >= 4 is 39.2 Å². The number of carbonyl (C=O) groups excluding carboxylic acids is 1. The molecule has 0 saturated carbocycles. The van der Waals surface area contributed by atoms with Crippen LogP contribution in [0.1, 0.15) is 23.3 Å². The van der Waals surface area contributed by atoms with Gasteiger partial charge in [0.15, 0.2) is 5.16 Å². The average molecular weight is 471 g/mol. The van der Waals surface area contributed by atoms with Gasteiger partial charge in [-0.05, 0) is 44.0 Å². The van der Waals surface area contributed by atoms with Crippen LogP contribution < -0.4 is 10.3 Å². The van der Waals surface area contributed by atoms with E-state index in [4.69, 9.17) is 9.72 Å². The van der Waals surface area contributed by atoms with Crippen molar-refractivity contribution in [2.75, 3.05) is 39.5 Å². The Morgan fingerprint density at radius 1 is 1.25 bits per heavy atom. The molecule has 4 heterocycles. The van der Waals surface area contributed by atoms with Gasteiger partial charge in [-0.25, -0.2) is 4.98 Å². The van der Waals surface area contributed by atoms with Crippen molar-refractivity contribution < 1.29 is 9.53 Å². The number of aromatic nitrogens is 2. The van der Waals surface area contributed by atoms with E-state index in [0.29, 0.717) is 16.6 Å². The average Bonchev–Trinajstić information content (AvgIpc) is 3.45. The topological polar surface area (TPSA) is 67.7 Å². The van der Waals surface area contributed by atoms with Crippen LogP contribution in [0.25, 0.3) is 15.9 Å². The predicted molar refractivity (Wildman–Crippen MR) is 128 cm³/mol. The van der Waals surface area contributed by atoms with Gasteiger partial charge in [-0.1, -0.05) is 17.8 Å². The van der Waals surface area contributed by atoms with Crippen molar-refractivity contribution in [1.29, 1.82) is 0 Å². The van der Waals surface area contributed by atoms with E-state index in [1.807, 2.05) is 29.2 Å². The number of nitrogens with zero attached hydrogens (tertiary/aromatic N) is 4. The lowest BCUT2D eigenvalue weighted by Crippen LogP contribution is -2.30. The second-order valence-corrected chi connectivity index (χ2v) is 10.3. The number of benzene rings is 1. The molecule has 3 aromatic rings. The largest absolute Gasteiger partial charge is 0.497 e. The molecule has 0 aliphatic carbocycles. The number of rotatable bonds is 5. The van der Waals surface area contributed by atoms with Crippen molar-refractivity contribution in [2.24, 2.45) is 0 Å². The Morgan fingerprint density at radius 3 is 2.84 bits per heavy atom. The van der Waals surface area contributed by atoms with Crippen LogP contribution in [0.5, 0.6) is 5.75 Å². The van der Waals surface area contributed by atoms with E-state index in [2.05, 4.69) is 11.9 Å². The summed E-state index contributed by atoms with van der Waals surface area (Å²) in [7, 11) is 3.71. The molecule has 1 fully saturated rings. The van der Waals surface area contributed by atoms with Gasteiger partial charge in [0.25, 0.3) is 5.56 Å². The highest BCUT2D eigenvalue weighted by Gasteiger charge is 2.25. The van der Waals surface area contributed by atoms with Gasteiger partial charge in [0.2, 0.25) is 5.91 Å². The van der Waals surface area contributed by atoms with E-state index >= 15 is 0 Å². The number of likely N-dealkylation sites (tertiary alicyclic amines) is 1. The van der Waals surface area contributed by atoms with Crippen molar-refractivity contribution in [1.82, 2.24) is 19.4 Å². The number of carbonyl (C=O) groups is 1. The van der Waals surface area contributed by atoms with Gasteiger partial charge in [-0.2, -0.15) is 0 Å². The first-order valence-corrected chi connectivity index (χ1v) is 12.7. The number of methoxy groups -OCH3 is 1. The van der Waals surface area contributed by atoms with Crippen LogP contribution in [0, 0.1) is 0 Å². The Kier molecular flexibility index (Phi) is 5.96. The fourth-order valence-electron chi connectivity index (χ4n) is 4.41. The minimum Gasteiger partial charge on any atom is -0.497 e. The van der Waals surface area contributed by atoms with E-state index in [9.17, 15) is 9.59 Å². The third-order valence-corrected chi connectivity index (χ3v) is 8.16. The summed E-state index contributed by atoms with van der Waals surface area (Å²) < 4.78 is 7.04. The number of ether oxygens (including phenoxy) is 1. The van der Waals surface area contributed by atoms with Crippen molar-refractivity contribution in [3.05, 3.63) is 45.1 Å². The van der Waals surface area contributed by atoms with Crippen LogP contribution in [0.15, 0.2) is 34.2 Å². The van der Waals surface area contributed by atoms with Crippen LogP contribution in [0.3, 0.4) is 0 Å². The third-order valence-electron chi connectivity index (χ3n) is 6.13. The molecule has 32 heavy (non-hydrogen) atoms. The minimum absolute atomic E-state index is 0.0681. The summed E-state index contributed by atoms with van der Waals surface area (Å²) in [5.41, 5.74) is 1.76. The zero-order valence-electron chi connectivity index (χ0n) is 18.3. The molecule has 168 valence electrons. The lowest BCUT2D eigenvalue weighted by atomic mass is 10.1. The molecular weight excluding hydrogens is 444 g/mol. The number of fused-ring (bicyclic) bond motifs is 3. The molecule has 9 heteroatoms. The van der Waals surface area contributed by atoms with Crippen LogP contribution in [-0.2, 0) is 17.8 Å². The fourth-order valence-corrected chi connectivity index (χ4v) is 6.67. The molecule has 5 rings (SSSR count). The van der Waals surface area contributed by atoms with Crippen LogP contribution in [0.2, 0.25) is 0 Å². The first kappa shape index (κ1) is 21.5. The molecule has 0 spiro atoms. The fraction of sp³-hybridized carbons (Fsp3) is 0.435. The van der Waals surface area contributed by atoms with E-state index in [0.717, 1.165) is 61.2 Å². The number of likely N-dealkylation sites (N-methyl/N-ethyl adjacent to an activating group) is 1. The first-order valence-electron chi connectivity index (χ1n) is 10.9. The Bertz CT molecular complexity index is 1230. The Morgan fingerprint density at radius 2 is 2.06 bits per heavy atom. The predicted octanol–water partition coefficient (Wildman–Crippen LogP) is 3.16. The molecule has 0 unspecified atom stereocenters. The number of thioether (sulfide) groups is 1. The lowest BCUT2D eigenvalue weighted by molar-refractivity contribution is -0.127. The van der Waals surface area contributed by atoms with Gasteiger partial charge in [0, 0.05) is 37.1 Å². The second kappa shape index (κ2) is 8.88. The number of thiophene rings is 1. The zero-order valence-corrected chi connectivity index (χ0v) is 19.9. The summed E-state index contributed by atoms with van der Waals surface area (Å²) in [4.78, 5) is 37.6. The van der Waals surface area contributed by atoms with Gasteiger partial charge in [-0.15, -0.1) is 11.3 Å². The SMILES string of the molecule is COc1cccc(-n2c(SCC(=O)N3CCCC3)nc3sc4c(c3c2=O)CCN(C)C4)c1. The quantitative estimate of drug-likeness (QED) is 0.422. The highest BCUT2D eigenvalue weighted by atomic mass is 32.2. The summed E-state index contributed by atoms with van der Waals surface area (Å²) in [5, 5.41) is 1.27. The summed E-state index contributed by atoms with van der Waals surface area (Å²) in [6.45, 7) is 3.41. The maximum absolute atomic E-state index is 13.8. The van der Waals surface area contributed by atoms with Gasteiger partial charge >= 0.3 is 0 Å². The summed E-state index contributed by atoms with van der Waals surface area (Å²) in [5.74, 6) is 1.05. The molecule has 2 aliphatic heterocycles. The molecule has 1 aromatic carbocycles. The molecule has 2 aliphatic rings. The summed E-state index contributed by atoms with van der Waals surface area (Å²) in [6.07, 6.45) is 2.97. The number of hydrogen-bond donors (Lipinski definition) is 0. The normalized spacial score (nSPS) is 16.5. The van der Waals surface area contributed by atoms with Crippen molar-refractivity contribution in [2.45, 2.75) is 31.0 Å². The first-order chi connectivity index (χ1) is 15.5. The minimum atomic E-state index is -0.0681. The Labute approximate surface area is 195 Å². The van der Waals surface area contributed by atoms with E-state index in [1.165, 1.54) is 16.6 Å². The molecular formula is C23H26N4O3S2. The molecule has 1 saturated heterocycles. The van der Waals surface area contributed by atoms with Crippen LogP contribution >= 0.6 is 23.1 Å². The molecule has 2 aromatic heterocycles. The second-order valence-electron chi connectivity index (χ2n) is 8.28. The maximum atomic E-state index is 13.8. The van der Waals surface area contributed by atoms with Crippen molar-refractivity contribution in [3.8, 4) is 11.4 Å². The highest BCUT2D eigenvalue weighted by molar-refractivity contribution is 7.99. The lowest BCUT2D eigenvalue weighted by Gasteiger charge is -2.21. The smallest absolute Gasteiger partial charge is 0.267 e. The van der Waals surface area contributed by atoms with Crippen molar-refractivity contribution in [3.63, 3.8) is 0 Å². The molecule has 0 N–H and O–H groups in total. The van der Waals surface area contributed by atoms with E-state index < -0.39 is 0 Å². The number of amides is 1. The van der Waals surface area contributed by atoms with Gasteiger partial charge in [0.1, 0.15) is 10.6 Å². The molecule has 7 nitrogen and oxygen atoms in total. The van der Waals surface area contributed by atoms with E-state index in [1.54, 1.807) is 23.0 Å². The van der Waals surface area contributed by atoms with Crippen LogP contribution in [0.4, 0.5) is 0 Å². The molecule has 0 radical (unpaired) electrons. The zero-order chi connectivity index (χ0) is 22.2. The third kappa shape index (κ3) is 3.93. The van der Waals surface area contributed by atoms with E-state index in [-0.39, 0.29) is 17.2 Å². The molecule has 0 bridgehead atoms.